The van der Waals surface area contributed by atoms with Gasteiger partial charge in [-0.3, -0.25) is 4.79 Å². The monoisotopic (exact) mass is 258 g/mol. The van der Waals surface area contributed by atoms with E-state index in [9.17, 15) is 9.59 Å². The Hall–Kier alpha value is -1.10. The second-order valence-electron chi connectivity index (χ2n) is 6.39. The first kappa shape index (κ1) is 16.9. The summed E-state index contributed by atoms with van der Waals surface area (Å²) in [6, 6.07) is -0.210. The average molecular weight is 258 g/mol. The number of nitrogens with two attached hydrogens (primary N) is 1. The van der Waals surface area contributed by atoms with Gasteiger partial charge in [-0.1, -0.05) is 20.8 Å². The third-order valence-corrected chi connectivity index (χ3v) is 2.47. The fraction of sp³-hybridized carbons (Fsp3) is 0.846. The lowest BCUT2D eigenvalue weighted by Crippen LogP contribution is -2.51. The fourth-order valence-electron chi connectivity index (χ4n) is 1.80. The van der Waals surface area contributed by atoms with Crippen LogP contribution < -0.4 is 11.1 Å². The van der Waals surface area contributed by atoms with Gasteiger partial charge in [0.1, 0.15) is 5.54 Å². The van der Waals surface area contributed by atoms with E-state index < -0.39 is 11.5 Å². The number of hydrogen-bond acceptors (Lipinski definition) is 4. The SMILES string of the molecule is COC(=O)C(C)(C)NC(=O)CC(N)CC(C)(C)C. The summed E-state index contributed by atoms with van der Waals surface area (Å²) in [4.78, 5) is 23.2. The number of ether oxygens (including phenoxy) is 1. The van der Waals surface area contributed by atoms with E-state index in [2.05, 4.69) is 30.8 Å². The zero-order valence-electron chi connectivity index (χ0n) is 12.3. The highest BCUT2D eigenvalue weighted by atomic mass is 16.5. The van der Waals surface area contributed by atoms with Crippen LogP contribution in [0.1, 0.15) is 47.5 Å². The number of carbonyl (C=O) groups excluding carboxylic acids is 2. The van der Waals surface area contributed by atoms with Crippen LogP contribution in [0.2, 0.25) is 0 Å². The molecular formula is C13H26N2O3. The predicted molar refractivity (Wildman–Crippen MR) is 70.9 cm³/mol. The summed E-state index contributed by atoms with van der Waals surface area (Å²) in [5, 5.41) is 2.63. The standard InChI is InChI=1S/C13H26N2O3/c1-12(2,3)8-9(14)7-10(16)15-13(4,5)11(17)18-6/h9H,7-8,14H2,1-6H3,(H,15,16). The maximum absolute atomic E-state index is 11.8. The number of methoxy groups -OCH3 is 1. The van der Waals surface area contributed by atoms with Crippen LogP contribution >= 0.6 is 0 Å². The molecular weight excluding hydrogens is 232 g/mol. The molecule has 0 saturated heterocycles. The molecule has 0 aromatic rings. The van der Waals surface area contributed by atoms with E-state index in [4.69, 9.17) is 5.73 Å². The van der Waals surface area contributed by atoms with Gasteiger partial charge in [-0.2, -0.15) is 0 Å². The Morgan fingerprint density at radius 3 is 2.11 bits per heavy atom. The molecule has 0 fully saturated rings. The van der Waals surface area contributed by atoms with Crippen molar-refractivity contribution in [3.05, 3.63) is 0 Å². The van der Waals surface area contributed by atoms with E-state index in [1.165, 1.54) is 7.11 Å². The Morgan fingerprint density at radius 1 is 1.22 bits per heavy atom. The van der Waals surface area contributed by atoms with E-state index in [1.54, 1.807) is 13.8 Å². The normalized spacial score (nSPS) is 13.9. The number of rotatable bonds is 5. The van der Waals surface area contributed by atoms with Crippen molar-refractivity contribution in [1.82, 2.24) is 5.32 Å². The number of carbonyl (C=O) groups is 2. The molecule has 5 nitrogen and oxygen atoms in total. The number of hydrogen-bond donors (Lipinski definition) is 2. The summed E-state index contributed by atoms with van der Waals surface area (Å²) in [6.45, 7) is 9.42. The molecule has 0 saturated carbocycles. The molecule has 0 rings (SSSR count). The van der Waals surface area contributed by atoms with E-state index in [0.717, 1.165) is 6.42 Å². The van der Waals surface area contributed by atoms with Gasteiger partial charge in [0.15, 0.2) is 0 Å². The highest BCUT2D eigenvalue weighted by molar-refractivity contribution is 5.87. The molecule has 0 heterocycles. The zero-order chi connectivity index (χ0) is 14.6. The quantitative estimate of drug-likeness (QED) is 0.726. The lowest BCUT2D eigenvalue weighted by molar-refractivity contribution is -0.149. The molecule has 1 unspecified atom stereocenters. The van der Waals surface area contributed by atoms with Gasteiger partial charge in [-0.15, -0.1) is 0 Å². The molecule has 18 heavy (non-hydrogen) atoms. The van der Waals surface area contributed by atoms with Gasteiger partial charge < -0.3 is 15.8 Å². The van der Waals surface area contributed by atoms with Crippen LogP contribution in [-0.2, 0) is 14.3 Å². The predicted octanol–water partition coefficient (Wildman–Crippen LogP) is 1.21. The summed E-state index contributed by atoms with van der Waals surface area (Å²) in [5.41, 5.74) is 4.97. The van der Waals surface area contributed by atoms with Gasteiger partial charge in [-0.05, 0) is 25.7 Å². The van der Waals surface area contributed by atoms with E-state index in [0.29, 0.717) is 0 Å². The highest BCUT2D eigenvalue weighted by Crippen LogP contribution is 2.21. The molecule has 0 bridgehead atoms. The molecule has 0 aromatic heterocycles. The molecule has 106 valence electrons. The number of amides is 1. The first-order valence-electron chi connectivity index (χ1n) is 6.13. The van der Waals surface area contributed by atoms with Crippen LogP contribution in [0.15, 0.2) is 0 Å². The van der Waals surface area contributed by atoms with Crippen LogP contribution in [-0.4, -0.2) is 30.6 Å². The molecule has 0 spiro atoms. The molecule has 1 atom stereocenters. The first-order valence-corrected chi connectivity index (χ1v) is 6.13. The van der Waals surface area contributed by atoms with E-state index in [1.807, 2.05) is 0 Å². The molecule has 0 aliphatic heterocycles. The minimum absolute atomic E-state index is 0.0809. The zero-order valence-corrected chi connectivity index (χ0v) is 12.3. The van der Waals surface area contributed by atoms with Gasteiger partial charge in [-0.25, -0.2) is 4.79 Å². The minimum atomic E-state index is -1.02. The van der Waals surface area contributed by atoms with Crippen molar-refractivity contribution in [1.29, 1.82) is 0 Å². The maximum atomic E-state index is 11.8. The lowest BCUT2D eigenvalue weighted by atomic mass is 9.87. The smallest absolute Gasteiger partial charge is 0.330 e. The van der Waals surface area contributed by atoms with Gasteiger partial charge >= 0.3 is 5.97 Å². The van der Waals surface area contributed by atoms with E-state index in [-0.39, 0.29) is 23.8 Å². The molecule has 5 heteroatoms. The highest BCUT2D eigenvalue weighted by Gasteiger charge is 2.31. The van der Waals surface area contributed by atoms with Crippen molar-refractivity contribution < 1.29 is 14.3 Å². The van der Waals surface area contributed by atoms with Crippen LogP contribution in [0.5, 0.6) is 0 Å². The maximum Gasteiger partial charge on any atom is 0.330 e. The minimum Gasteiger partial charge on any atom is -0.467 e. The first-order chi connectivity index (χ1) is 7.98. The van der Waals surface area contributed by atoms with E-state index >= 15 is 0 Å². The average Bonchev–Trinajstić information content (AvgIpc) is 2.11. The molecule has 3 N–H and O–H groups in total. The van der Waals surface area contributed by atoms with Crippen molar-refractivity contribution in [2.75, 3.05) is 7.11 Å². The third kappa shape index (κ3) is 6.59. The summed E-state index contributed by atoms with van der Waals surface area (Å²) >= 11 is 0. The topological polar surface area (TPSA) is 81.4 Å². The summed E-state index contributed by atoms with van der Waals surface area (Å²) in [6.07, 6.45) is 0.955. The van der Waals surface area contributed by atoms with Crippen molar-refractivity contribution in [3.8, 4) is 0 Å². The van der Waals surface area contributed by atoms with Crippen molar-refractivity contribution in [3.63, 3.8) is 0 Å². The van der Waals surface area contributed by atoms with Gasteiger partial charge in [0.05, 0.1) is 7.11 Å². The van der Waals surface area contributed by atoms with Gasteiger partial charge in [0, 0.05) is 12.5 Å². The molecule has 0 radical (unpaired) electrons. The molecule has 0 aliphatic carbocycles. The van der Waals surface area contributed by atoms with Crippen LogP contribution in [0.4, 0.5) is 0 Å². The van der Waals surface area contributed by atoms with Crippen molar-refractivity contribution >= 4 is 11.9 Å². The van der Waals surface area contributed by atoms with Gasteiger partial charge in [0.25, 0.3) is 0 Å². The molecule has 0 aliphatic rings. The lowest BCUT2D eigenvalue weighted by Gasteiger charge is -2.26. The summed E-state index contributed by atoms with van der Waals surface area (Å²) in [7, 11) is 1.29. The Bertz CT molecular complexity index is 306. The van der Waals surface area contributed by atoms with Crippen LogP contribution in [0, 0.1) is 5.41 Å². The van der Waals surface area contributed by atoms with Crippen molar-refractivity contribution in [2.24, 2.45) is 11.1 Å². The molecule has 0 aromatic carbocycles. The third-order valence-electron chi connectivity index (χ3n) is 2.47. The van der Waals surface area contributed by atoms with Gasteiger partial charge in [0.2, 0.25) is 5.91 Å². The molecule has 1 amide bonds. The Kier molecular flexibility index (Phi) is 5.80. The summed E-state index contributed by atoms with van der Waals surface area (Å²) < 4.78 is 4.62. The van der Waals surface area contributed by atoms with Crippen LogP contribution in [0.3, 0.4) is 0 Å². The Balaban J connectivity index is 4.31. The Morgan fingerprint density at radius 2 is 1.72 bits per heavy atom. The Labute approximate surface area is 109 Å². The van der Waals surface area contributed by atoms with Crippen molar-refractivity contribution in [2.45, 2.75) is 59.0 Å². The van der Waals surface area contributed by atoms with Crippen LogP contribution in [0.25, 0.3) is 0 Å². The summed E-state index contributed by atoms with van der Waals surface area (Å²) in [5.74, 6) is -0.706. The largest absolute Gasteiger partial charge is 0.467 e. The number of esters is 1. The number of nitrogens with one attached hydrogen (secondary N) is 1. The fourth-order valence-corrected chi connectivity index (χ4v) is 1.80. The second kappa shape index (κ2) is 6.18. The second-order valence-corrected chi connectivity index (χ2v) is 6.39.